The maximum Gasteiger partial charge on any atom is 0.490 e. The van der Waals surface area contributed by atoms with Crippen LogP contribution in [0.1, 0.15) is 12.0 Å². The van der Waals surface area contributed by atoms with Crippen LogP contribution in [0.5, 0.6) is 0 Å². The Labute approximate surface area is 213 Å². The molecule has 0 saturated carbocycles. The summed E-state index contributed by atoms with van der Waals surface area (Å²) in [7, 11) is 0. The Hall–Kier alpha value is -4.93. The molecule has 1 aromatic carbocycles. The fourth-order valence-electron chi connectivity index (χ4n) is 3.90. The molecule has 4 heterocycles. The second-order valence-electron chi connectivity index (χ2n) is 8.39. The van der Waals surface area contributed by atoms with E-state index in [0.717, 1.165) is 27.9 Å². The molecule has 0 radical (unpaired) electrons. The van der Waals surface area contributed by atoms with Gasteiger partial charge in [-0.1, -0.05) is 30.3 Å². The molecule has 4 aromatic rings. The van der Waals surface area contributed by atoms with Gasteiger partial charge in [-0.15, -0.1) is 0 Å². The lowest BCUT2D eigenvalue weighted by Crippen LogP contribution is -2.64. The highest BCUT2D eigenvalue weighted by Gasteiger charge is 2.48. The first-order valence-electron chi connectivity index (χ1n) is 11.1. The summed E-state index contributed by atoms with van der Waals surface area (Å²) in [6, 6.07) is 13.7. The Balaban J connectivity index is 0.000000426. The average Bonchev–Trinajstić information content (AvgIpc) is 3.55. The van der Waals surface area contributed by atoms with Gasteiger partial charge >= 0.3 is 18.2 Å². The molecule has 0 spiro atoms. The van der Waals surface area contributed by atoms with Crippen LogP contribution in [0.4, 0.5) is 18.0 Å². The highest BCUT2D eigenvalue weighted by Crippen LogP contribution is 2.34. The summed E-state index contributed by atoms with van der Waals surface area (Å²) in [6.07, 6.45) is 1.68. The molecule has 1 fully saturated rings. The molecule has 3 aromatic heterocycles. The third-order valence-corrected chi connectivity index (χ3v) is 5.78. The van der Waals surface area contributed by atoms with E-state index in [0.29, 0.717) is 13.1 Å². The minimum absolute atomic E-state index is 0.216. The number of fused-ring (bicyclic) bond motifs is 1. The molecule has 0 atom stereocenters. The lowest BCUT2D eigenvalue weighted by molar-refractivity contribution is -0.192. The summed E-state index contributed by atoms with van der Waals surface area (Å²) >= 11 is 0. The number of rotatable bonds is 5. The second-order valence-corrected chi connectivity index (χ2v) is 8.39. The number of hydrogen-bond acceptors (Lipinski definition) is 7. The number of aromatic nitrogens is 5. The van der Waals surface area contributed by atoms with E-state index < -0.39 is 23.8 Å². The maximum absolute atomic E-state index is 12.4. The number of carbonyl (C=O) groups excluding carboxylic acids is 1. The Bertz CT molecular complexity index is 1470. The first-order valence-corrected chi connectivity index (χ1v) is 11.1. The molecule has 0 aliphatic carbocycles. The van der Waals surface area contributed by atoms with E-state index in [4.69, 9.17) is 14.6 Å². The highest BCUT2D eigenvalue weighted by molar-refractivity contribution is 5.90. The minimum Gasteiger partial charge on any atom is -0.475 e. The first kappa shape index (κ1) is 26.1. The van der Waals surface area contributed by atoms with Gasteiger partial charge in [0, 0.05) is 23.3 Å². The highest BCUT2D eigenvalue weighted by atomic mass is 19.4. The lowest BCUT2D eigenvalue weighted by Gasteiger charge is -2.48. The molecule has 0 bridgehead atoms. The number of alkyl halides is 3. The molecule has 1 amide bonds. The fraction of sp³-hybridized carbons (Fsp3) is 0.250. The minimum atomic E-state index is -5.08. The second kappa shape index (κ2) is 10.6. The van der Waals surface area contributed by atoms with Crippen LogP contribution in [0.15, 0.2) is 61.3 Å². The van der Waals surface area contributed by atoms with E-state index in [1.807, 2.05) is 48.8 Å². The van der Waals surface area contributed by atoms with Gasteiger partial charge < -0.3 is 19.7 Å². The van der Waals surface area contributed by atoms with Crippen LogP contribution in [-0.2, 0) is 21.7 Å². The van der Waals surface area contributed by atoms with Crippen LogP contribution in [0, 0.1) is 11.3 Å². The number of carboxylic acids is 1. The number of hydrogen-bond donors (Lipinski definition) is 2. The summed E-state index contributed by atoms with van der Waals surface area (Å²) in [5, 5.41) is 21.9. The van der Waals surface area contributed by atoms with Gasteiger partial charge in [0.05, 0.1) is 37.5 Å². The topological polar surface area (TPSA) is 150 Å². The molecule has 11 nitrogen and oxygen atoms in total. The van der Waals surface area contributed by atoms with E-state index in [9.17, 15) is 23.2 Å². The number of likely N-dealkylation sites (tertiary alicyclic amines) is 1. The van der Waals surface area contributed by atoms with Gasteiger partial charge in [0.2, 0.25) is 0 Å². The Kier molecular flexibility index (Phi) is 7.28. The van der Waals surface area contributed by atoms with Crippen molar-refractivity contribution in [1.29, 1.82) is 5.26 Å². The number of halogens is 3. The lowest BCUT2D eigenvalue weighted by atomic mass is 9.87. The molecule has 1 aliphatic heterocycles. The van der Waals surface area contributed by atoms with Crippen molar-refractivity contribution in [3.05, 3.63) is 66.9 Å². The Morgan fingerprint density at radius 1 is 1.18 bits per heavy atom. The number of H-pyrrole nitrogens is 1. The van der Waals surface area contributed by atoms with Crippen molar-refractivity contribution in [2.45, 2.75) is 24.7 Å². The van der Waals surface area contributed by atoms with Crippen molar-refractivity contribution in [2.24, 2.45) is 0 Å². The monoisotopic (exact) mass is 527 g/mol. The van der Waals surface area contributed by atoms with Gasteiger partial charge in [-0.2, -0.15) is 23.5 Å². The maximum atomic E-state index is 12.4. The van der Waals surface area contributed by atoms with Crippen LogP contribution in [0.25, 0.3) is 22.3 Å². The van der Waals surface area contributed by atoms with Crippen molar-refractivity contribution >= 4 is 23.1 Å². The van der Waals surface area contributed by atoms with E-state index in [1.165, 1.54) is 6.33 Å². The molecule has 0 unspecified atom stereocenters. The number of nitrogens with one attached hydrogen (secondary N) is 1. The van der Waals surface area contributed by atoms with Gasteiger partial charge in [-0.05, 0) is 11.6 Å². The summed E-state index contributed by atoms with van der Waals surface area (Å²) < 4.78 is 38.9. The van der Waals surface area contributed by atoms with E-state index in [1.54, 1.807) is 15.8 Å². The molecule has 1 saturated heterocycles. The molecule has 5 rings (SSSR count). The molecule has 38 heavy (non-hydrogen) atoms. The number of amides is 1. The molecule has 1 aliphatic rings. The van der Waals surface area contributed by atoms with Gasteiger partial charge in [0.15, 0.2) is 0 Å². The summed E-state index contributed by atoms with van der Waals surface area (Å²) in [5.41, 5.74) is 2.69. The van der Waals surface area contributed by atoms with Gasteiger partial charge in [-0.25, -0.2) is 19.6 Å². The average molecular weight is 527 g/mol. The molecular formula is C24H20F3N7O4. The van der Waals surface area contributed by atoms with Crippen molar-refractivity contribution in [3.63, 3.8) is 0 Å². The number of carbonyl (C=O) groups is 2. The van der Waals surface area contributed by atoms with Crippen molar-refractivity contribution < 1.29 is 32.6 Å². The zero-order valence-electron chi connectivity index (χ0n) is 19.6. The van der Waals surface area contributed by atoms with Crippen molar-refractivity contribution in [3.8, 4) is 17.3 Å². The third-order valence-electron chi connectivity index (χ3n) is 5.78. The van der Waals surface area contributed by atoms with Crippen LogP contribution in [0.2, 0.25) is 0 Å². The largest absolute Gasteiger partial charge is 0.490 e. The van der Waals surface area contributed by atoms with Crippen LogP contribution >= 0.6 is 0 Å². The summed E-state index contributed by atoms with van der Waals surface area (Å²) in [6.45, 7) is 0.936. The van der Waals surface area contributed by atoms with Crippen LogP contribution in [0.3, 0.4) is 0 Å². The fourth-order valence-corrected chi connectivity index (χ4v) is 3.90. The number of aliphatic carboxylic acids is 1. The van der Waals surface area contributed by atoms with Gasteiger partial charge in [0.25, 0.3) is 0 Å². The number of nitriles is 1. The zero-order valence-corrected chi connectivity index (χ0v) is 19.6. The van der Waals surface area contributed by atoms with E-state index >= 15 is 0 Å². The quantitative estimate of drug-likeness (QED) is 0.399. The standard InChI is InChI=1S/C22H19N7O2.C2HF3O2/c23-8-7-22(13-28(14-22)21(30)31-12-16-4-2-1-3-5-16)29-11-17(10-27-29)19-18-6-9-24-20(18)26-15-25-19;3-2(4,5)1(6)7/h1-6,9-11,15H,7,12-14H2,(H,24,25,26);(H,6,7). The number of carboxylic acid groups (broad SMARTS) is 1. The van der Waals surface area contributed by atoms with Gasteiger partial charge in [0.1, 0.15) is 24.1 Å². The van der Waals surface area contributed by atoms with Crippen molar-refractivity contribution in [1.82, 2.24) is 29.6 Å². The van der Waals surface area contributed by atoms with Crippen LogP contribution < -0.4 is 0 Å². The number of ether oxygens (including phenoxy) is 1. The van der Waals surface area contributed by atoms with Crippen LogP contribution in [-0.4, -0.2) is 66.1 Å². The molecular weight excluding hydrogens is 507 g/mol. The Morgan fingerprint density at radius 3 is 2.55 bits per heavy atom. The predicted octanol–water partition coefficient (Wildman–Crippen LogP) is 3.72. The first-order chi connectivity index (χ1) is 18.1. The predicted molar refractivity (Wildman–Crippen MR) is 125 cm³/mol. The third kappa shape index (κ3) is 5.56. The SMILES string of the molecule is N#CCC1(n2cc(-c3ncnc4[nH]ccc34)cn2)CN(C(=O)OCc2ccccc2)C1.O=C(O)C(F)(F)F. The van der Waals surface area contributed by atoms with Gasteiger partial charge in [-0.3, -0.25) is 4.68 Å². The number of aromatic amines is 1. The molecule has 2 N–H and O–H groups in total. The smallest absolute Gasteiger partial charge is 0.475 e. The van der Waals surface area contributed by atoms with E-state index in [-0.39, 0.29) is 13.0 Å². The molecule has 14 heteroatoms. The summed E-state index contributed by atoms with van der Waals surface area (Å²) in [4.78, 5) is 34.6. The Morgan fingerprint density at radius 2 is 1.89 bits per heavy atom. The normalized spacial score (nSPS) is 14.1. The van der Waals surface area contributed by atoms with Crippen molar-refractivity contribution in [2.75, 3.05) is 13.1 Å². The molecule has 196 valence electrons. The summed E-state index contributed by atoms with van der Waals surface area (Å²) in [5.74, 6) is -2.76. The zero-order chi connectivity index (χ0) is 27.3. The number of benzene rings is 1. The van der Waals surface area contributed by atoms with E-state index in [2.05, 4.69) is 26.1 Å². The number of nitrogens with zero attached hydrogens (tertiary/aromatic N) is 6.